The van der Waals surface area contributed by atoms with E-state index in [9.17, 15) is 0 Å². The Kier molecular flexibility index (Phi) is 2.40. The van der Waals surface area contributed by atoms with E-state index in [1.165, 1.54) is 5.56 Å². The second kappa shape index (κ2) is 3.87. The Hall–Kier alpha value is -1.91. The molecular formula is C9H11N5. The van der Waals surface area contributed by atoms with Crippen LogP contribution in [0, 0.1) is 0 Å². The Morgan fingerprint density at radius 2 is 2.00 bits per heavy atom. The number of tetrazole rings is 1. The SMILES string of the molecule is Nc1ccc(CCn2cnnn2)cc1. The molecule has 0 unspecified atom stereocenters. The molecule has 5 nitrogen and oxygen atoms in total. The highest BCUT2D eigenvalue weighted by atomic mass is 15.5. The fourth-order valence-electron chi connectivity index (χ4n) is 1.21. The zero-order chi connectivity index (χ0) is 9.80. The molecule has 1 aromatic carbocycles. The summed E-state index contributed by atoms with van der Waals surface area (Å²) in [5, 5.41) is 10.9. The first-order valence-electron chi connectivity index (χ1n) is 4.40. The van der Waals surface area contributed by atoms with Crippen molar-refractivity contribution in [2.45, 2.75) is 13.0 Å². The molecule has 1 aromatic heterocycles. The Morgan fingerprint density at radius 1 is 1.21 bits per heavy atom. The summed E-state index contributed by atoms with van der Waals surface area (Å²) >= 11 is 0. The number of aryl methyl sites for hydroxylation is 2. The fraction of sp³-hybridized carbons (Fsp3) is 0.222. The van der Waals surface area contributed by atoms with Gasteiger partial charge >= 0.3 is 0 Å². The second-order valence-electron chi connectivity index (χ2n) is 3.06. The van der Waals surface area contributed by atoms with Crippen molar-refractivity contribution >= 4 is 5.69 Å². The van der Waals surface area contributed by atoms with Gasteiger partial charge in [-0.15, -0.1) is 5.10 Å². The molecule has 5 heteroatoms. The van der Waals surface area contributed by atoms with Crippen molar-refractivity contribution in [3.63, 3.8) is 0 Å². The zero-order valence-electron chi connectivity index (χ0n) is 7.67. The number of nitrogens with zero attached hydrogens (tertiary/aromatic N) is 4. The number of nitrogen functional groups attached to an aromatic ring is 1. The van der Waals surface area contributed by atoms with E-state index >= 15 is 0 Å². The Bertz CT molecular complexity index is 378. The molecule has 2 aromatic rings. The molecule has 0 radical (unpaired) electrons. The molecule has 0 aliphatic heterocycles. The van der Waals surface area contributed by atoms with E-state index in [2.05, 4.69) is 15.5 Å². The maximum Gasteiger partial charge on any atom is 0.138 e. The molecule has 2 N–H and O–H groups in total. The molecule has 0 fully saturated rings. The van der Waals surface area contributed by atoms with Gasteiger partial charge < -0.3 is 5.73 Å². The van der Waals surface area contributed by atoms with Gasteiger partial charge in [0.15, 0.2) is 0 Å². The van der Waals surface area contributed by atoms with Gasteiger partial charge in [-0.05, 0) is 34.5 Å². The summed E-state index contributed by atoms with van der Waals surface area (Å²) in [6.45, 7) is 0.789. The third kappa shape index (κ3) is 2.07. The summed E-state index contributed by atoms with van der Waals surface area (Å²) < 4.78 is 1.70. The van der Waals surface area contributed by atoms with Crippen molar-refractivity contribution in [1.29, 1.82) is 0 Å². The Balaban J connectivity index is 1.95. The van der Waals surface area contributed by atoms with E-state index in [4.69, 9.17) is 5.73 Å². The molecular weight excluding hydrogens is 178 g/mol. The lowest BCUT2D eigenvalue weighted by molar-refractivity contribution is 0.589. The van der Waals surface area contributed by atoms with E-state index in [0.717, 1.165) is 18.7 Å². The van der Waals surface area contributed by atoms with Crippen LogP contribution < -0.4 is 5.73 Å². The predicted octanol–water partition coefficient (Wildman–Crippen LogP) is 0.498. The minimum atomic E-state index is 0.788. The van der Waals surface area contributed by atoms with Crippen LogP contribution in [0.25, 0.3) is 0 Å². The van der Waals surface area contributed by atoms with Crippen molar-refractivity contribution in [2.75, 3.05) is 5.73 Å². The summed E-state index contributed by atoms with van der Waals surface area (Å²) in [6, 6.07) is 7.82. The third-order valence-corrected chi connectivity index (χ3v) is 2.00. The molecule has 0 saturated heterocycles. The lowest BCUT2D eigenvalue weighted by atomic mass is 10.1. The highest BCUT2D eigenvalue weighted by Crippen LogP contribution is 2.06. The molecule has 1 heterocycles. The van der Waals surface area contributed by atoms with Crippen molar-refractivity contribution in [1.82, 2.24) is 20.2 Å². The van der Waals surface area contributed by atoms with Gasteiger partial charge in [-0.2, -0.15) is 0 Å². The van der Waals surface area contributed by atoms with Gasteiger partial charge in [-0.25, -0.2) is 4.68 Å². The molecule has 2 rings (SSSR count). The number of hydrogen-bond donors (Lipinski definition) is 1. The summed E-state index contributed by atoms with van der Waals surface area (Å²) in [5.41, 5.74) is 7.60. The lowest BCUT2D eigenvalue weighted by Crippen LogP contribution is -2.02. The fourth-order valence-corrected chi connectivity index (χ4v) is 1.21. The number of aromatic nitrogens is 4. The normalized spacial score (nSPS) is 10.3. The van der Waals surface area contributed by atoms with Gasteiger partial charge in [0.05, 0.1) is 0 Å². The van der Waals surface area contributed by atoms with Crippen LogP contribution in [0.15, 0.2) is 30.6 Å². The predicted molar refractivity (Wildman–Crippen MR) is 52.4 cm³/mol. The van der Waals surface area contributed by atoms with Crippen molar-refractivity contribution in [3.05, 3.63) is 36.2 Å². The molecule has 0 bridgehead atoms. The van der Waals surface area contributed by atoms with E-state index < -0.39 is 0 Å². The van der Waals surface area contributed by atoms with Gasteiger partial charge in [-0.1, -0.05) is 12.1 Å². The highest BCUT2D eigenvalue weighted by Gasteiger charge is 1.95. The monoisotopic (exact) mass is 189 g/mol. The van der Waals surface area contributed by atoms with Crippen LogP contribution in [0.4, 0.5) is 5.69 Å². The van der Waals surface area contributed by atoms with Crippen LogP contribution in [0.3, 0.4) is 0 Å². The van der Waals surface area contributed by atoms with Gasteiger partial charge in [-0.3, -0.25) is 0 Å². The molecule has 0 amide bonds. The molecule has 0 spiro atoms. The van der Waals surface area contributed by atoms with Crippen LogP contribution in [-0.4, -0.2) is 20.2 Å². The average molecular weight is 189 g/mol. The number of nitrogens with two attached hydrogens (primary N) is 1. The van der Waals surface area contributed by atoms with Crippen LogP contribution in [0.2, 0.25) is 0 Å². The van der Waals surface area contributed by atoms with Crippen LogP contribution in [-0.2, 0) is 13.0 Å². The summed E-state index contributed by atoms with van der Waals surface area (Å²) in [5.74, 6) is 0. The van der Waals surface area contributed by atoms with Gasteiger partial charge in [0.25, 0.3) is 0 Å². The number of benzene rings is 1. The van der Waals surface area contributed by atoms with Gasteiger partial charge in [0, 0.05) is 12.2 Å². The molecule has 72 valence electrons. The molecule has 14 heavy (non-hydrogen) atoms. The minimum Gasteiger partial charge on any atom is -0.399 e. The maximum absolute atomic E-state index is 5.58. The molecule has 0 aliphatic carbocycles. The van der Waals surface area contributed by atoms with E-state index in [1.807, 2.05) is 24.3 Å². The standard InChI is InChI=1S/C9H11N5/c10-9-3-1-8(2-4-9)5-6-14-7-11-12-13-14/h1-4,7H,5-6,10H2. The number of anilines is 1. The van der Waals surface area contributed by atoms with Crippen LogP contribution >= 0.6 is 0 Å². The third-order valence-electron chi connectivity index (χ3n) is 2.00. The maximum atomic E-state index is 5.58. The van der Waals surface area contributed by atoms with E-state index in [1.54, 1.807) is 11.0 Å². The van der Waals surface area contributed by atoms with E-state index in [0.29, 0.717) is 0 Å². The highest BCUT2D eigenvalue weighted by molar-refractivity contribution is 5.39. The summed E-state index contributed by atoms with van der Waals surface area (Å²) in [7, 11) is 0. The minimum absolute atomic E-state index is 0.788. The van der Waals surface area contributed by atoms with Gasteiger partial charge in [0.2, 0.25) is 0 Å². The number of hydrogen-bond acceptors (Lipinski definition) is 4. The second-order valence-corrected chi connectivity index (χ2v) is 3.06. The Labute approximate surface area is 81.5 Å². The van der Waals surface area contributed by atoms with Crippen molar-refractivity contribution in [3.8, 4) is 0 Å². The van der Waals surface area contributed by atoms with E-state index in [-0.39, 0.29) is 0 Å². The van der Waals surface area contributed by atoms with Crippen LogP contribution in [0.5, 0.6) is 0 Å². The molecule has 0 aliphatic rings. The molecule has 0 atom stereocenters. The van der Waals surface area contributed by atoms with Crippen molar-refractivity contribution in [2.24, 2.45) is 0 Å². The quantitative estimate of drug-likeness (QED) is 0.714. The first-order chi connectivity index (χ1) is 6.84. The lowest BCUT2D eigenvalue weighted by Gasteiger charge is -2.00. The largest absolute Gasteiger partial charge is 0.399 e. The van der Waals surface area contributed by atoms with Crippen molar-refractivity contribution < 1.29 is 0 Å². The summed E-state index contributed by atoms with van der Waals surface area (Å²) in [6.07, 6.45) is 2.52. The zero-order valence-corrected chi connectivity index (χ0v) is 7.67. The first-order valence-corrected chi connectivity index (χ1v) is 4.40. The Morgan fingerprint density at radius 3 is 2.64 bits per heavy atom. The first kappa shape index (κ1) is 8.68. The van der Waals surface area contributed by atoms with Gasteiger partial charge in [0.1, 0.15) is 6.33 Å². The smallest absolute Gasteiger partial charge is 0.138 e. The average Bonchev–Trinajstić information content (AvgIpc) is 2.70. The topological polar surface area (TPSA) is 69.6 Å². The van der Waals surface area contributed by atoms with Crippen LogP contribution in [0.1, 0.15) is 5.56 Å². The number of rotatable bonds is 3. The molecule has 0 saturated carbocycles. The summed E-state index contributed by atoms with van der Waals surface area (Å²) in [4.78, 5) is 0.